The molecule has 13 heavy (non-hydrogen) atoms. The van der Waals surface area contributed by atoms with Gasteiger partial charge < -0.3 is 0 Å². The number of benzene rings is 2. The summed E-state index contributed by atoms with van der Waals surface area (Å²) in [6.45, 7) is 0. The van der Waals surface area contributed by atoms with Crippen molar-refractivity contribution < 1.29 is 4.39 Å². The Balaban J connectivity index is 2.94. The van der Waals surface area contributed by atoms with E-state index in [9.17, 15) is 4.39 Å². The molecule has 0 unspecified atom stereocenters. The van der Waals surface area contributed by atoms with Crippen molar-refractivity contribution in [3.8, 4) is 0 Å². The highest BCUT2D eigenvalue weighted by Gasteiger charge is 2.05. The zero-order valence-electron chi connectivity index (χ0n) is 6.52. The first-order chi connectivity index (χ1) is 6.18. The van der Waals surface area contributed by atoms with Gasteiger partial charge in [-0.3, -0.25) is 0 Å². The third kappa shape index (κ3) is 1.56. The average molecular weight is 260 g/mol. The van der Waals surface area contributed by atoms with Crippen molar-refractivity contribution >= 4 is 38.3 Å². The van der Waals surface area contributed by atoms with E-state index < -0.39 is 0 Å². The van der Waals surface area contributed by atoms with Gasteiger partial charge >= 0.3 is 0 Å². The molecule has 0 nitrogen and oxygen atoms in total. The van der Waals surface area contributed by atoms with Crippen LogP contribution in [0.15, 0.2) is 34.8 Å². The van der Waals surface area contributed by atoms with Crippen LogP contribution in [0.3, 0.4) is 0 Å². The summed E-state index contributed by atoms with van der Waals surface area (Å²) < 4.78 is 14.1. The lowest BCUT2D eigenvalue weighted by Crippen LogP contribution is -1.81. The summed E-state index contributed by atoms with van der Waals surface area (Å²) >= 11 is 9.01. The molecule has 0 fully saturated rings. The summed E-state index contributed by atoms with van der Waals surface area (Å²) in [5, 5.41) is 1.80. The minimum atomic E-state index is -0.296. The van der Waals surface area contributed by atoms with Gasteiger partial charge in [-0.25, -0.2) is 4.39 Å². The van der Waals surface area contributed by atoms with Gasteiger partial charge in [0.1, 0.15) is 5.82 Å². The SMILES string of the molecule is Fc1cc(Cl)cc2cccc(Br)c12. The van der Waals surface area contributed by atoms with E-state index in [0.717, 1.165) is 9.86 Å². The third-order valence-corrected chi connectivity index (χ3v) is 2.72. The van der Waals surface area contributed by atoms with Crippen LogP contribution in [-0.2, 0) is 0 Å². The van der Waals surface area contributed by atoms with Crippen LogP contribution in [0, 0.1) is 5.82 Å². The molecule has 0 aromatic heterocycles. The van der Waals surface area contributed by atoms with E-state index in [4.69, 9.17) is 11.6 Å². The molecule has 0 spiro atoms. The second kappa shape index (κ2) is 3.28. The number of fused-ring (bicyclic) bond motifs is 1. The monoisotopic (exact) mass is 258 g/mol. The van der Waals surface area contributed by atoms with E-state index in [1.165, 1.54) is 6.07 Å². The Kier molecular flexibility index (Phi) is 2.26. The van der Waals surface area contributed by atoms with Crippen LogP contribution < -0.4 is 0 Å². The normalized spacial score (nSPS) is 10.7. The Morgan fingerprint density at radius 2 is 2.00 bits per heavy atom. The van der Waals surface area contributed by atoms with Crippen LogP contribution >= 0.6 is 27.5 Å². The molecule has 0 aliphatic heterocycles. The Morgan fingerprint density at radius 3 is 2.77 bits per heavy atom. The van der Waals surface area contributed by atoms with Crippen molar-refractivity contribution in [2.75, 3.05) is 0 Å². The minimum absolute atomic E-state index is 0.296. The number of hydrogen-bond donors (Lipinski definition) is 0. The smallest absolute Gasteiger partial charge is 0.133 e. The van der Waals surface area contributed by atoms with Gasteiger partial charge in [0.15, 0.2) is 0 Å². The van der Waals surface area contributed by atoms with Crippen LogP contribution in [0.2, 0.25) is 5.02 Å². The third-order valence-electron chi connectivity index (χ3n) is 1.84. The molecule has 2 aromatic carbocycles. The van der Waals surface area contributed by atoms with Crippen LogP contribution in [0.4, 0.5) is 4.39 Å². The molecule has 2 aromatic rings. The highest BCUT2D eigenvalue weighted by atomic mass is 79.9. The predicted molar refractivity (Wildman–Crippen MR) is 56.6 cm³/mol. The lowest BCUT2D eigenvalue weighted by atomic mass is 10.1. The molecule has 0 aliphatic rings. The topological polar surface area (TPSA) is 0 Å². The summed E-state index contributed by atoms with van der Waals surface area (Å²) in [5.74, 6) is -0.296. The zero-order chi connectivity index (χ0) is 9.42. The molecule has 0 N–H and O–H groups in total. The van der Waals surface area contributed by atoms with Gasteiger partial charge in [0, 0.05) is 14.9 Å². The summed E-state index contributed by atoms with van der Waals surface area (Å²) in [6, 6.07) is 8.54. The number of rotatable bonds is 0. The van der Waals surface area contributed by atoms with Gasteiger partial charge in [-0.2, -0.15) is 0 Å². The fourth-order valence-electron chi connectivity index (χ4n) is 1.30. The Hall–Kier alpha value is -0.600. The van der Waals surface area contributed by atoms with Gasteiger partial charge in [-0.15, -0.1) is 0 Å². The molecule has 3 heteroatoms. The van der Waals surface area contributed by atoms with Crippen molar-refractivity contribution in [1.29, 1.82) is 0 Å². The van der Waals surface area contributed by atoms with Crippen molar-refractivity contribution in [3.05, 3.63) is 45.6 Å². The molecule has 0 heterocycles. The van der Waals surface area contributed by atoms with Crippen molar-refractivity contribution in [3.63, 3.8) is 0 Å². The van der Waals surface area contributed by atoms with Gasteiger partial charge in [-0.1, -0.05) is 39.7 Å². The largest absolute Gasteiger partial charge is 0.206 e. The molecule has 0 saturated heterocycles. The summed E-state index contributed by atoms with van der Waals surface area (Å²) in [7, 11) is 0. The molecule has 0 amide bonds. The first-order valence-electron chi connectivity index (χ1n) is 3.72. The number of hydrogen-bond acceptors (Lipinski definition) is 0. The van der Waals surface area contributed by atoms with Crippen LogP contribution in [0.25, 0.3) is 10.8 Å². The Bertz CT molecular complexity index is 468. The van der Waals surface area contributed by atoms with Crippen molar-refractivity contribution in [2.24, 2.45) is 0 Å². The van der Waals surface area contributed by atoms with E-state index in [1.54, 1.807) is 12.1 Å². The lowest BCUT2D eigenvalue weighted by molar-refractivity contribution is 0.639. The van der Waals surface area contributed by atoms with E-state index in [2.05, 4.69) is 15.9 Å². The fraction of sp³-hybridized carbons (Fsp3) is 0. The Morgan fingerprint density at radius 1 is 1.23 bits per heavy atom. The zero-order valence-corrected chi connectivity index (χ0v) is 8.86. The van der Waals surface area contributed by atoms with E-state index in [0.29, 0.717) is 10.4 Å². The van der Waals surface area contributed by atoms with Gasteiger partial charge in [0.2, 0.25) is 0 Å². The average Bonchev–Trinajstić information content (AvgIpc) is 2.02. The predicted octanol–water partition coefficient (Wildman–Crippen LogP) is 4.39. The maximum Gasteiger partial charge on any atom is 0.133 e. The summed E-state index contributed by atoms with van der Waals surface area (Å²) in [4.78, 5) is 0. The van der Waals surface area contributed by atoms with Crippen LogP contribution in [0.1, 0.15) is 0 Å². The lowest BCUT2D eigenvalue weighted by Gasteiger charge is -2.02. The second-order valence-electron chi connectivity index (χ2n) is 2.73. The van der Waals surface area contributed by atoms with Gasteiger partial charge in [0.05, 0.1) is 0 Å². The fourth-order valence-corrected chi connectivity index (χ4v) is 2.08. The molecule has 0 bridgehead atoms. The molecule has 0 atom stereocenters. The summed E-state index contributed by atoms with van der Waals surface area (Å²) in [6.07, 6.45) is 0. The Labute approximate surface area is 88.4 Å². The molecule has 0 saturated carbocycles. The molecule has 2 rings (SSSR count). The van der Waals surface area contributed by atoms with Gasteiger partial charge in [-0.05, 0) is 23.6 Å². The van der Waals surface area contributed by atoms with Gasteiger partial charge in [0.25, 0.3) is 0 Å². The second-order valence-corrected chi connectivity index (χ2v) is 4.02. The maximum atomic E-state index is 13.4. The maximum absolute atomic E-state index is 13.4. The first kappa shape index (κ1) is 8.97. The van der Waals surface area contributed by atoms with E-state index in [-0.39, 0.29) is 5.82 Å². The van der Waals surface area contributed by atoms with E-state index >= 15 is 0 Å². The van der Waals surface area contributed by atoms with Crippen LogP contribution in [-0.4, -0.2) is 0 Å². The quantitative estimate of drug-likeness (QED) is 0.658. The molecule has 0 aliphatic carbocycles. The molecule has 66 valence electrons. The van der Waals surface area contributed by atoms with E-state index in [1.807, 2.05) is 12.1 Å². The first-order valence-corrected chi connectivity index (χ1v) is 4.89. The van der Waals surface area contributed by atoms with Crippen molar-refractivity contribution in [1.82, 2.24) is 0 Å². The molecular formula is C10H5BrClF. The minimum Gasteiger partial charge on any atom is -0.206 e. The van der Waals surface area contributed by atoms with Crippen LogP contribution in [0.5, 0.6) is 0 Å². The standard InChI is InChI=1S/C10H5BrClF/c11-8-3-1-2-6-4-7(12)5-9(13)10(6)8/h1-5H. The number of halogens is 3. The molecular weight excluding hydrogens is 254 g/mol. The highest BCUT2D eigenvalue weighted by molar-refractivity contribution is 9.10. The highest BCUT2D eigenvalue weighted by Crippen LogP contribution is 2.28. The molecule has 0 radical (unpaired) electrons. The summed E-state index contributed by atoms with van der Waals surface area (Å²) in [5.41, 5.74) is 0. The van der Waals surface area contributed by atoms with Crippen molar-refractivity contribution in [2.45, 2.75) is 0 Å².